The number of allylic oxidation sites excluding steroid dienone is 6. The third-order valence-corrected chi connectivity index (χ3v) is 1.57. The van der Waals surface area contributed by atoms with Gasteiger partial charge in [-0.15, -0.1) is 0 Å². The van der Waals surface area contributed by atoms with Crippen molar-refractivity contribution >= 4 is 0 Å². The van der Waals surface area contributed by atoms with Crippen LogP contribution in [0.3, 0.4) is 0 Å². The molecule has 1 aliphatic rings. The SMILES string of the molecule is CC1=CC(C(F)(F)F)=CCC=C1. The predicted octanol–water partition coefficient (Wildman–Crippen LogP) is 3.38. The molecule has 0 aliphatic heterocycles. The Morgan fingerprint density at radius 1 is 1.33 bits per heavy atom. The van der Waals surface area contributed by atoms with Crippen LogP contribution in [0.2, 0.25) is 0 Å². The van der Waals surface area contributed by atoms with Gasteiger partial charge in [0.25, 0.3) is 0 Å². The summed E-state index contributed by atoms with van der Waals surface area (Å²) in [5.74, 6) is 0. The minimum Gasteiger partial charge on any atom is -0.166 e. The Kier molecular flexibility index (Phi) is 2.40. The molecule has 0 aromatic rings. The Morgan fingerprint density at radius 2 is 2.00 bits per heavy atom. The Morgan fingerprint density at radius 3 is 2.58 bits per heavy atom. The van der Waals surface area contributed by atoms with Gasteiger partial charge in [-0.2, -0.15) is 13.2 Å². The van der Waals surface area contributed by atoms with E-state index in [4.69, 9.17) is 0 Å². The van der Waals surface area contributed by atoms with Crippen molar-refractivity contribution in [3.8, 4) is 0 Å². The molecular weight excluding hydrogens is 165 g/mol. The van der Waals surface area contributed by atoms with Gasteiger partial charge in [-0.3, -0.25) is 0 Å². The monoisotopic (exact) mass is 174 g/mol. The van der Waals surface area contributed by atoms with Gasteiger partial charge in [0, 0.05) is 0 Å². The van der Waals surface area contributed by atoms with E-state index in [0.717, 1.165) is 6.08 Å². The maximum absolute atomic E-state index is 12.2. The maximum atomic E-state index is 12.2. The molecular formula is C9H9F3. The van der Waals surface area contributed by atoms with Gasteiger partial charge < -0.3 is 0 Å². The first-order chi connectivity index (χ1) is 5.50. The molecule has 0 aromatic heterocycles. The fourth-order valence-corrected chi connectivity index (χ4v) is 0.999. The number of halogens is 3. The van der Waals surface area contributed by atoms with Crippen LogP contribution in [-0.2, 0) is 0 Å². The maximum Gasteiger partial charge on any atom is 0.416 e. The van der Waals surface area contributed by atoms with Crippen LogP contribution in [0.25, 0.3) is 0 Å². The molecule has 0 N–H and O–H groups in total. The molecule has 0 aromatic carbocycles. The fourth-order valence-electron chi connectivity index (χ4n) is 0.999. The highest BCUT2D eigenvalue weighted by Gasteiger charge is 2.31. The van der Waals surface area contributed by atoms with E-state index in [1.807, 2.05) is 0 Å². The Hall–Kier alpha value is -0.990. The molecule has 0 saturated heterocycles. The van der Waals surface area contributed by atoms with Crippen molar-refractivity contribution in [3.05, 3.63) is 35.5 Å². The van der Waals surface area contributed by atoms with Gasteiger partial charge in [0.2, 0.25) is 0 Å². The number of hydrogen-bond donors (Lipinski definition) is 0. The van der Waals surface area contributed by atoms with Gasteiger partial charge in [-0.05, 0) is 19.4 Å². The van der Waals surface area contributed by atoms with E-state index in [0.29, 0.717) is 12.0 Å². The van der Waals surface area contributed by atoms with Gasteiger partial charge >= 0.3 is 6.18 Å². The lowest BCUT2D eigenvalue weighted by Gasteiger charge is -2.06. The van der Waals surface area contributed by atoms with E-state index in [1.54, 1.807) is 19.1 Å². The molecule has 0 atom stereocenters. The van der Waals surface area contributed by atoms with E-state index in [2.05, 4.69) is 0 Å². The summed E-state index contributed by atoms with van der Waals surface area (Å²) in [4.78, 5) is 0. The second kappa shape index (κ2) is 3.17. The Balaban J connectivity index is 2.93. The van der Waals surface area contributed by atoms with Gasteiger partial charge in [0.15, 0.2) is 0 Å². The van der Waals surface area contributed by atoms with E-state index in [-0.39, 0.29) is 0 Å². The average Bonchev–Trinajstić information content (AvgIpc) is 2.11. The summed E-state index contributed by atoms with van der Waals surface area (Å²) in [5, 5.41) is 0. The molecule has 12 heavy (non-hydrogen) atoms. The van der Waals surface area contributed by atoms with Crippen LogP contribution in [0.4, 0.5) is 13.2 Å². The van der Waals surface area contributed by atoms with E-state index < -0.39 is 11.7 Å². The highest BCUT2D eigenvalue weighted by atomic mass is 19.4. The summed E-state index contributed by atoms with van der Waals surface area (Å²) in [6.45, 7) is 1.65. The molecule has 0 unspecified atom stereocenters. The zero-order valence-electron chi connectivity index (χ0n) is 6.65. The van der Waals surface area contributed by atoms with Crippen LogP contribution in [0, 0.1) is 0 Å². The summed E-state index contributed by atoms with van der Waals surface area (Å²) in [5.41, 5.74) is 0.0843. The Labute approximate surface area is 69.1 Å². The van der Waals surface area contributed by atoms with Crippen molar-refractivity contribution in [1.29, 1.82) is 0 Å². The molecule has 0 saturated carbocycles. The number of hydrogen-bond acceptors (Lipinski definition) is 0. The summed E-state index contributed by atoms with van der Waals surface area (Å²) < 4.78 is 36.5. The molecule has 0 nitrogen and oxygen atoms in total. The molecule has 0 radical (unpaired) electrons. The third kappa shape index (κ3) is 2.26. The normalized spacial score (nSPS) is 18.3. The molecule has 0 fully saturated rings. The standard InChI is InChI=1S/C9H9F3/c1-7-4-2-3-5-8(6-7)9(10,11)12/h2,4-6H,3H2,1H3. The smallest absolute Gasteiger partial charge is 0.166 e. The van der Waals surface area contributed by atoms with Crippen molar-refractivity contribution in [2.45, 2.75) is 19.5 Å². The molecule has 66 valence electrons. The quantitative estimate of drug-likeness (QED) is 0.528. The first-order valence-corrected chi connectivity index (χ1v) is 3.62. The van der Waals surface area contributed by atoms with Crippen molar-refractivity contribution in [2.75, 3.05) is 0 Å². The van der Waals surface area contributed by atoms with Crippen LogP contribution in [-0.4, -0.2) is 6.18 Å². The lowest BCUT2D eigenvalue weighted by Crippen LogP contribution is -2.09. The van der Waals surface area contributed by atoms with Crippen molar-refractivity contribution in [3.63, 3.8) is 0 Å². The van der Waals surface area contributed by atoms with Gasteiger partial charge in [0.1, 0.15) is 0 Å². The first-order valence-electron chi connectivity index (χ1n) is 3.62. The lowest BCUT2D eigenvalue weighted by atomic mass is 10.2. The van der Waals surface area contributed by atoms with Crippen LogP contribution in [0.1, 0.15) is 13.3 Å². The summed E-state index contributed by atoms with van der Waals surface area (Å²) in [6.07, 6.45) is 1.88. The lowest BCUT2D eigenvalue weighted by molar-refractivity contribution is -0.0884. The second-order valence-electron chi connectivity index (χ2n) is 2.68. The van der Waals surface area contributed by atoms with E-state index >= 15 is 0 Å². The van der Waals surface area contributed by atoms with Crippen molar-refractivity contribution < 1.29 is 13.2 Å². The highest BCUT2D eigenvalue weighted by Crippen LogP contribution is 2.29. The van der Waals surface area contributed by atoms with Crippen molar-refractivity contribution in [2.24, 2.45) is 0 Å². The largest absolute Gasteiger partial charge is 0.416 e. The third-order valence-electron chi connectivity index (χ3n) is 1.57. The van der Waals surface area contributed by atoms with Crippen molar-refractivity contribution in [1.82, 2.24) is 0 Å². The molecule has 1 aliphatic carbocycles. The highest BCUT2D eigenvalue weighted by molar-refractivity contribution is 5.34. The van der Waals surface area contributed by atoms with Crippen LogP contribution >= 0.6 is 0 Å². The molecule has 0 bridgehead atoms. The molecule has 3 heteroatoms. The fraction of sp³-hybridized carbons (Fsp3) is 0.333. The zero-order valence-corrected chi connectivity index (χ0v) is 6.65. The minimum absolute atomic E-state index is 0.350. The van der Waals surface area contributed by atoms with E-state index in [1.165, 1.54) is 6.08 Å². The first kappa shape index (κ1) is 9.10. The summed E-state index contributed by atoms with van der Waals surface area (Å²) in [7, 11) is 0. The summed E-state index contributed by atoms with van der Waals surface area (Å²) in [6, 6.07) is 0. The molecule has 1 rings (SSSR count). The zero-order chi connectivity index (χ0) is 9.19. The second-order valence-corrected chi connectivity index (χ2v) is 2.68. The number of rotatable bonds is 0. The molecule has 0 heterocycles. The van der Waals surface area contributed by atoms with Crippen LogP contribution in [0.5, 0.6) is 0 Å². The van der Waals surface area contributed by atoms with Crippen LogP contribution in [0.15, 0.2) is 35.5 Å². The van der Waals surface area contributed by atoms with E-state index in [9.17, 15) is 13.2 Å². The minimum atomic E-state index is -4.22. The Bertz CT molecular complexity index is 253. The topological polar surface area (TPSA) is 0 Å². The molecule has 0 amide bonds. The van der Waals surface area contributed by atoms with Gasteiger partial charge in [0.05, 0.1) is 5.57 Å². The molecule has 0 spiro atoms. The van der Waals surface area contributed by atoms with Gasteiger partial charge in [-0.1, -0.05) is 23.8 Å². The summed E-state index contributed by atoms with van der Waals surface area (Å²) >= 11 is 0. The predicted molar refractivity (Wildman–Crippen MR) is 41.7 cm³/mol. The van der Waals surface area contributed by atoms with Gasteiger partial charge in [-0.25, -0.2) is 0 Å². The number of alkyl halides is 3. The average molecular weight is 174 g/mol. The van der Waals surface area contributed by atoms with Crippen LogP contribution < -0.4 is 0 Å².